The van der Waals surface area contributed by atoms with Gasteiger partial charge < -0.3 is 9.84 Å². The number of ether oxygens (including phenoxy) is 1. The van der Waals surface area contributed by atoms with E-state index in [1.165, 1.54) is 12.1 Å². The van der Waals surface area contributed by atoms with Gasteiger partial charge in [-0.05, 0) is 24.3 Å². The SMILES string of the molecule is O=C(COc1ccccc1C(=O)O)c1ccc(Br)cc1. The first-order chi connectivity index (χ1) is 9.58. The minimum atomic E-state index is -1.09. The molecule has 0 atom stereocenters. The minimum Gasteiger partial charge on any atom is -0.485 e. The normalized spacial score (nSPS) is 10.1. The van der Waals surface area contributed by atoms with E-state index in [4.69, 9.17) is 9.84 Å². The number of carbonyl (C=O) groups is 2. The molecule has 0 amide bonds. The van der Waals surface area contributed by atoms with Crippen LogP contribution in [0.1, 0.15) is 20.7 Å². The van der Waals surface area contributed by atoms with Gasteiger partial charge in [-0.15, -0.1) is 0 Å². The maximum atomic E-state index is 11.9. The Morgan fingerprint density at radius 1 is 1.05 bits per heavy atom. The number of halogens is 1. The number of aromatic carboxylic acids is 1. The zero-order chi connectivity index (χ0) is 14.5. The average molecular weight is 335 g/mol. The Balaban J connectivity index is 2.07. The zero-order valence-corrected chi connectivity index (χ0v) is 12.0. The minimum absolute atomic E-state index is 0.0381. The summed E-state index contributed by atoms with van der Waals surface area (Å²) in [6.07, 6.45) is 0. The van der Waals surface area contributed by atoms with Crippen LogP contribution in [0, 0.1) is 0 Å². The Hall–Kier alpha value is -2.14. The standard InChI is InChI=1S/C15H11BrO4/c16-11-7-5-10(6-8-11)13(17)9-20-14-4-2-1-3-12(14)15(18)19/h1-8H,9H2,(H,18,19). The Bertz CT molecular complexity index is 635. The molecule has 0 aromatic heterocycles. The maximum absolute atomic E-state index is 11.9. The number of rotatable bonds is 5. The molecule has 0 bridgehead atoms. The van der Waals surface area contributed by atoms with Gasteiger partial charge in [-0.2, -0.15) is 0 Å². The van der Waals surface area contributed by atoms with Gasteiger partial charge in [-0.1, -0.05) is 40.2 Å². The molecule has 0 aliphatic heterocycles. The molecular weight excluding hydrogens is 324 g/mol. The van der Waals surface area contributed by atoms with Gasteiger partial charge in [0.25, 0.3) is 0 Å². The fourth-order valence-electron chi connectivity index (χ4n) is 1.63. The zero-order valence-electron chi connectivity index (χ0n) is 10.4. The molecule has 0 aliphatic rings. The molecule has 2 aromatic carbocycles. The quantitative estimate of drug-likeness (QED) is 0.851. The van der Waals surface area contributed by atoms with Gasteiger partial charge in [0.05, 0.1) is 0 Å². The third-order valence-corrected chi connectivity index (χ3v) is 3.17. The molecule has 102 valence electrons. The van der Waals surface area contributed by atoms with Crippen molar-refractivity contribution in [3.05, 3.63) is 64.1 Å². The number of para-hydroxylation sites is 1. The van der Waals surface area contributed by atoms with Crippen LogP contribution in [-0.4, -0.2) is 23.5 Å². The van der Waals surface area contributed by atoms with Crippen LogP contribution < -0.4 is 4.74 Å². The molecule has 5 heteroatoms. The van der Waals surface area contributed by atoms with Crippen LogP contribution in [0.25, 0.3) is 0 Å². The number of hydrogen-bond acceptors (Lipinski definition) is 3. The number of carboxylic acids is 1. The molecule has 0 unspecified atom stereocenters. The summed E-state index contributed by atoms with van der Waals surface area (Å²) in [6.45, 7) is -0.202. The van der Waals surface area contributed by atoms with E-state index >= 15 is 0 Å². The molecule has 20 heavy (non-hydrogen) atoms. The second-order valence-electron chi connectivity index (χ2n) is 4.02. The lowest BCUT2D eigenvalue weighted by atomic mass is 10.1. The van der Waals surface area contributed by atoms with Crippen molar-refractivity contribution in [3.8, 4) is 5.75 Å². The molecule has 2 aromatic rings. The second-order valence-corrected chi connectivity index (χ2v) is 4.94. The monoisotopic (exact) mass is 334 g/mol. The van der Waals surface area contributed by atoms with Crippen LogP contribution in [0.15, 0.2) is 53.0 Å². The van der Waals surface area contributed by atoms with Gasteiger partial charge in [0.15, 0.2) is 12.4 Å². The van der Waals surface area contributed by atoms with Crippen molar-refractivity contribution in [1.82, 2.24) is 0 Å². The number of carboxylic acid groups (broad SMARTS) is 1. The van der Waals surface area contributed by atoms with Crippen LogP contribution in [-0.2, 0) is 0 Å². The van der Waals surface area contributed by atoms with Gasteiger partial charge in [0.1, 0.15) is 11.3 Å². The van der Waals surface area contributed by atoms with Crippen molar-refractivity contribution < 1.29 is 19.4 Å². The fraction of sp³-hybridized carbons (Fsp3) is 0.0667. The van der Waals surface area contributed by atoms with Crippen molar-refractivity contribution in [2.24, 2.45) is 0 Å². The number of benzene rings is 2. The molecule has 0 saturated carbocycles. The van der Waals surface area contributed by atoms with Gasteiger partial charge >= 0.3 is 5.97 Å². The van der Waals surface area contributed by atoms with Crippen LogP contribution in [0.3, 0.4) is 0 Å². The predicted octanol–water partition coefficient (Wildman–Crippen LogP) is 3.41. The number of hydrogen-bond donors (Lipinski definition) is 1. The summed E-state index contributed by atoms with van der Waals surface area (Å²) in [4.78, 5) is 22.9. The van der Waals surface area contributed by atoms with E-state index in [1.807, 2.05) is 0 Å². The molecule has 0 heterocycles. The van der Waals surface area contributed by atoms with Crippen LogP contribution in [0.4, 0.5) is 0 Å². The number of Topliss-reactive ketones (excluding diaryl/α,β-unsaturated/α-hetero) is 1. The Morgan fingerprint density at radius 3 is 2.35 bits per heavy atom. The first-order valence-electron chi connectivity index (χ1n) is 5.82. The summed E-state index contributed by atoms with van der Waals surface area (Å²) in [5.41, 5.74) is 0.553. The van der Waals surface area contributed by atoms with Gasteiger partial charge in [0, 0.05) is 10.0 Å². The van der Waals surface area contributed by atoms with E-state index in [9.17, 15) is 9.59 Å². The van der Waals surface area contributed by atoms with Gasteiger partial charge in [0.2, 0.25) is 0 Å². The molecule has 0 aliphatic carbocycles. The Morgan fingerprint density at radius 2 is 1.70 bits per heavy atom. The molecular formula is C15H11BrO4. The third kappa shape index (κ3) is 3.45. The molecule has 4 nitrogen and oxygen atoms in total. The highest BCUT2D eigenvalue weighted by Crippen LogP contribution is 2.18. The first-order valence-corrected chi connectivity index (χ1v) is 6.61. The third-order valence-electron chi connectivity index (χ3n) is 2.64. The summed E-state index contributed by atoms with van der Waals surface area (Å²) in [5, 5.41) is 9.01. The Labute approximate surface area is 124 Å². The molecule has 0 radical (unpaired) electrons. The summed E-state index contributed by atoms with van der Waals surface area (Å²) < 4.78 is 6.18. The van der Waals surface area contributed by atoms with Crippen molar-refractivity contribution in [3.63, 3.8) is 0 Å². The second kappa shape index (κ2) is 6.34. The molecule has 1 N–H and O–H groups in total. The highest BCUT2D eigenvalue weighted by atomic mass is 79.9. The van der Waals surface area contributed by atoms with Crippen molar-refractivity contribution in [2.75, 3.05) is 6.61 Å². The van der Waals surface area contributed by atoms with Crippen molar-refractivity contribution >= 4 is 27.7 Å². The molecule has 0 spiro atoms. The van der Waals surface area contributed by atoms with E-state index in [1.54, 1.807) is 36.4 Å². The van der Waals surface area contributed by atoms with Crippen LogP contribution in [0.2, 0.25) is 0 Å². The predicted molar refractivity (Wildman–Crippen MR) is 77.4 cm³/mol. The van der Waals surface area contributed by atoms with Gasteiger partial charge in [-0.3, -0.25) is 4.79 Å². The highest BCUT2D eigenvalue weighted by molar-refractivity contribution is 9.10. The summed E-state index contributed by atoms with van der Waals surface area (Å²) >= 11 is 3.29. The average Bonchev–Trinajstić information content (AvgIpc) is 2.45. The van der Waals surface area contributed by atoms with E-state index < -0.39 is 5.97 Å². The summed E-state index contributed by atoms with van der Waals surface area (Å²) in [6, 6.07) is 13.1. The van der Waals surface area contributed by atoms with Crippen molar-refractivity contribution in [1.29, 1.82) is 0 Å². The molecule has 0 saturated heterocycles. The van der Waals surface area contributed by atoms with Gasteiger partial charge in [-0.25, -0.2) is 4.79 Å². The molecule has 2 rings (SSSR count). The lowest BCUT2D eigenvalue weighted by molar-refractivity contribution is 0.0689. The highest BCUT2D eigenvalue weighted by Gasteiger charge is 2.12. The first kappa shape index (κ1) is 14.3. The smallest absolute Gasteiger partial charge is 0.339 e. The summed E-state index contributed by atoms with van der Waals surface area (Å²) in [7, 11) is 0. The number of carbonyl (C=O) groups excluding carboxylic acids is 1. The maximum Gasteiger partial charge on any atom is 0.339 e. The van der Waals surface area contributed by atoms with E-state index in [0.717, 1.165) is 4.47 Å². The lowest BCUT2D eigenvalue weighted by Crippen LogP contribution is -2.13. The Kier molecular flexibility index (Phi) is 4.53. The number of ketones is 1. The van der Waals surface area contributed by atoms with E-state index in [0.29, 0.717) is 5.56 Å². The lowest BCUT2D eigenvalue weighted by Gasteiger charge is -2.08. The van der Waals surface area contributed by atoms with E-state index in [-0.39, 0.29) is 23.7 Å². The van der Waals surface area contributed by atoms with Crippen LogP contribution in [0.5, 0.6) is 5.75 Å². The summed E-state index contributed by atoms with van der Waals surface area (Å²) in [5.74, 6) is -1.11. The largest absolute Gasteiger partial charge is 0.485 e. The fourth-order valence-corrected chi connectivity index (χ4v) is 1.90. The topological polar surface area (TPSA) is 63.6 Å². The van der Waals surface area contributed by atoms with Crippen molar-refractivity contribution in [2.45, 2.75) is 0 Å². The van der Waals surface area contributed by atoms with Crippen LogP contribution >= 0.6 is 15.9 Å². The molecule has 0 fully saturated rings. The van der Waals surface area contributed by atoms with E-state index in [2.05, 4.69) is 15.9 Å².